The van der Waals surface area contributed by atoms with Crippen LogP contribution in [0.25, 0.3) is 0 Å². The standard InChI is InChI=1S/C14H21N3O3/c1-3-20-14(18)17-7-5-10(8-13(17)15)12-9-11(19-2)4-6-16-12/h4,6,9-10,13H,3,5,7-8,15H2,1-2H3. The molecule has 1 aliphatic heterocycles. The zero-order valence-corrected chi connectivity index (χ0v) is 11.9. The molecule has 1 aliphatic rings. The third-order valence-corrected chi connectivity index (χ3v) is 3.55. The second-order valence-electron chi connectivity index (χ2n) is 4.80. The predicted molar refractivity (Wildman–Crippen MR) is 74.5 cm³/mol. The van der Waals surface area contributed by atoms with Crippen LogP contribution in [0.2, 0.25) is 0 Å². The van der Waals surface area contributed by atoms with Crippen molar-refractivity contribution in [1.82, 2.24) is 9.88 Å². The maximum absolute atomic E-state index is 11.7. The average Bonchev–Trinajstić information content (AvgIpc) is 2.47. The summed E-state index contributed by atoms with van der Waals surface area (Å²) in [6, 6.07) is 3.74. The highest BCUT2D eigenvalue weighted by Crippen LogP contribution is 2.30. The molecule has 1 aromatic rings. The highest BCUT2D eigenvalue weighted by Gasteiger charge is 2.31. The van der Waals surface area contributed by atoms with Gasteiger partial charge in [0.05, 0.1) is 19.9 Å². The van der Waals surface area contributed by atoms with Gasteiger partial charge in [0.1, 0.15) is 5.75 Å². The van der Waals surface area contributed by atoms with Gasteiger partial charge in [0.25, 0.3) is 0 Å². The van der Waals surface area contributed by atoms with Gasteiger partial charge in [-0.1, -0.05) is 0 Å². The number of amides is 1. The molecule has 0 aromatic carbocycles. The molecule has 2 rings (SSSR count). The summed E-state index contributed by atoms with van der Waals surface area (Å²) in [4.78, 5) is 17.7. The van der Waals surface area contributed by atoms with Crippen LogP contribution in [-0.4, -0.2) is 42.4 Å². The van der Waals surface area contributed by atoms with Gasteiger partial charge in [-0.3, -0.25) is 9.88 Å². The Labute approximate surface area is 118 Å². The van der Waals surface area contributed by atoms with Crippen LogP contribution in [0.1, 0.15) is 31.4 Å². The third-order valence-electron chi connectivity index (χ3n) is 3.55. The first-order chi connectivity index (χ1) is 9.65. The summed E-state index contributed by atoms with van der Waals surface area (Å²) in [6.07, 6.45) is 2.57. The Morgan fingerprint density at radius 1 is 1.60 bits per heavy atom. The second kappa shape index (κ2) is 6.56. The van der Waals surface area contributed by atoms with E-state index in [9.17, 15) is 4.79 Å². The first-order valence-electron chi connectivity index (χ1n) is 6.84. The maximum Gasteiger partial charge on any atom is 0.411 e. The summed E-state index contributed by atoms with van der Waals surface area (Å²) in [6.45, 7) is 2.74. The molecule has 6 nitrogen and oxygen atoms in total. The first kappa shape index (κ1) is 14.6. The van der Waals surface area contributed by atoms with E-state index in [2.05, 4.69) is 4.98 Å². The van der Waals surface area contributed by atoms with E-state index in [1.807, 2.05) is 12.1 Å². The van der Waals surface area contributed by atoms with Crippen LogP contribution in [0.15, 0.2) is 18.3 Å². The molecule has 1 amide bonds. The number of hydrogen-bond donors (Lipinski definition) is 1. The quantitative estimate of drug-likeness (QED) is 0.911. The van der Waals surface area contributed by atoms with Crippen LogP contribution in [0.3, 0.4) is 0 Å². The Hall–Kier alpha value is -1.82. The lowest BCUT2D eigenvalue weighted by atomic mass is 9.91. The molecule has 2 heterocycles. The van der Waals surface area contributed by atoms with Crippen LogP contribution in [-0.2, 0) is 4.74 Å². The van der Waals surface area contributed by atoms with Crippen LogP contribution in [0, 0.1) is 0 Å². The Morgan fingerprint density at radius 2 is 2.40 bits per heavy atom. The Bertz CT molecular complexity index is 467. The molecule has 1 saturated heterocycles. The molecule has 6 heteroatoms. The van der Waals surface area contributed by atoms with Crippen LogP contribution < -0.4 is 10.5 Å². The maximum atomic E-state index is 11.7. The van der Waals surface area contributed by atoms with E-state index in [0.29, 0.717) is 19.6 Å². The van der Waals surface area contributed by atoms with Crippen LogP contribution in [0.4, 0.5) is 4.79 Å². The molecule has 0 saturated carbocycles. The number of nitrogens with zero attached hydrogens (tertiary/aromatic N) is 2. The molecule has 0 spiro atoms. The lowest BCUT2D eigenvalue weighted by molar-refractivity contribution is 0.0739. The van der Waals surface area contributed by atoms with Crippen molar-refractivity contribution in [3.8, 4) is 5.75 Å². The fourth-order valence-corrected chi connectivity index (χ4v) is 2.48. The lowest BCUT2D eigenvalue weighted by Crippen LogP contribution is -2.50. The number of ether oxygens (including phenoxy) is 2. The molecular weight excluding hydrogens is 258 g/mol. The van der Waals surface area contributed by atoms with Gasteiger partial charge in [-0.25, -0.2) is 4.79 Å². The van der Waals surface area contributed by atoms with Crippen LogP contribution >= 0.6 is 0 Å². The summed E-state index contributed by atoms with van der Waals surface area (Å²) < 4.78 is 10.2. The zero-order valence-electron chi connectivity index (χ0n) is 11.9. The lowest BCUT2D eigenvalue weighted by Gasteiger charge is -2.36. The van der Waals surface area contributed by atoms with E-state index in [1.54, 1.807) is 25.1 Å². The van der Waals surface area contributed by atoms with Gasteiger partial charge in [0.2, 0.25) is 0 Å². The molecule has 2 atom stereocenters. The molecule has 20 heavy (non-hydrogen) atoms. The minimum Gasteiger partial charge on any atom is -0.497 e. The van der Waals surface area contributed by atoms with E-state index in [-0.39, 0.29) is 18.2 Å². The number of rotatable bonds is 3. The average molecular weight is 279 g/mol. The number of methoxy groups -OCH3 is 1. The minimum atomic E-state index is -0.336. The molecule has 2 unspecified atom stereocenters. The molecular formula is C14H21N3O3. The fourth-order valence-electron chi connectivity index (χ4n) is 2.48. The van der Waals surface area contributed by atoms with Gasteiger partial charge < -0.3 is 15.2 Å². The fraction of sp³-hybridized carbons (Fsp3) is 0.571. The van der Waals surface area contributed by atoms with Crippen LogP contribution in [0.5, 0.6) is 5.75 Å². The number of pyridine rings is 1. The molecule has 0 aliphatic carbocycles. The van der Waals surface area contributed by atoms with E-state index in [0.717, 1.165) is 17.9 Å². The van der Waals surface area contributed by atoms with Crippen molar-refractivity contribution in [3.05, 3.63) is 24.0 Å². The van der Waals surface area contributed by atoms with E-state index >= 15 is 0 Å². The van der Waals surface area contributed by atoms with Gasteiger partial charge in [-0.05, 0) is 25.8 Å². The van der Waals surface area contributed by atoms with Crippen molar-refractivity contribution < 1.29 is 14.3 Å². The molecule has 0 radical (unpaired) electrons. The summed E-state index contributed by atoms with van der Waals surface area (Å²) in [5.74, 6) is 1.03. The first-order valence-corrected chi connectivity index (χ1v) is 6.84. The Kier molecular flexibility index (Phi) is 4.79. The number of aromatic nitrogens is 1. The van der Waals surface area contributed by atoms with Gasteiger partial charge in [0.15, 0.2) is 0 Å². The van der Waals surface area contributed by atoms with Crippen molar-refractivity contribution in [2.75, 3.05) is 20.3 Å². The normalized spacial score (nSPS) is 22.4. The molecule has 1 aromatic heterocycles. The molecule has 110 valence electrons. The number of piperidine rings is 1. The summed E-state index contributed by atoms with van der Waals surface area (Å²) >= 11 is 0. The highest BCUT2D eigenvalue weighted by molar-refractivity contribution is 5.68. The number of carbonyl (C=O) groups is 1. The predicted octanol–water partition coefficient (Wildman–Crippen LogP) is 1.71. The van der Waals surface area contributed by atoms with E-state index in [1.165, 1.54) is 0 Å². The zero-order chi connectivity index (χ0) is 14.5. The van der Waals surface area contributed by atoms with Gasteiger partial charge >= 0.3 is 6.09 Å². The highest BCUT2D eigenvalue weighted by atomic mass is 16.6. The van der Waals surface area contributed by atoms with E-state index < -0.39 is 0 Å². The van der Waals surface area contributed by atoms with Crippen molar-refractivity contribution in [2.24, 2.45) is 5.73 Å². The van der Waals surface area contributed by atoms with Gasteiger partial charge in [0, 0.05) is 30.4 Å². The smallest absolute Gasteiger partial charge is 0.411 e. The number of nitrogens with two attached hydrogens (primary N) is 1. The molecule has 2 N–H and O–H groups in total. The third kappa shape index (κ3) is 3.19. The van der Waals surface area contributed by atoms with Crippen molar-refractivity contribution >= 4 is 6.09 Å². The van der Waals surface area contributed by atoms with Crippen molar-refractivity contribution in [3.63, 3.8) is 0 Å². The SMILES string of the molecule is CCOC(=O)N1CCC(c2cc(OC)ccn2)CC1N. The summed E-state index contributed by atoms with van der Waals surface area (Å²) in [5, 5.41) is 0. The number of likely N-dealkylation sites (tertiary alicyclic amines) is 1. The number of hydrogen-bond acceptors (Lipinski definition) is 5. The number of carbonyl (C=O) groups excluding carboxylic acids is 1. The monoisotopic (exact) mass is 279 g/mol. The van der Waals surface area contributed by atoms with Gasteiger partial charge in [-0.2, -0.15) is 0 Å². The van der Waals surface area contributed by atoms with Crippen molar-refractivity contribution in [2.45, 2.75) is 31.8 Å². The summed E-state index contributed by atoms with van der Waals surface area (Å²) in [5.41, 5.74) is 7.04. The molecule has 1 fully saturated rings. The summed E-state index contributed by atoms with van der Waals surface area (Å²) in [7, 11) is 1.63. The topological polar surface area (TPSA) is 77.7 Å². The van der Waals surface area contributed by atoms with Crippen molar-refractivity contribution in [1.29, 1.82) is 0 Å². The van der Waals surface area contributed by atoms with E-state index in [4.69, 9.17) is 15.2 Å². The second-order valence-corrected chi connectivity index (χ2v) is 4.80. The Morgan fingerprint density at radius 3 is 3.05 bits per heavy atom. The van der Waals surface area contributed by atoms with Gasteiger partial charge in [-0.15, -0.1) is 0 Å². The minimum absolute atomic E-state index is 0.241. The largest absolute Gasteiger partial charge is 0.497 e. The Balaban J connectivity index is 2.02. The molecule has 0 bridgehead atoms.